The van der Waals surface area contributed by atoms with Crippen LogP contribution in [-0.4, -0.2) is 20.6 Å². The Kier molecular flexibility index (Phi) is 3.78. The number of nitro groups is 2. The fourth-order valence-corrected chi connectivity index (χ4v) is 1.97. The molecule has 1 aromatic heterocycles. The molecule has 0 N–H and O–H groups in total. The molecule has 0 spiro atoms. The van der Waals surface area contributed by atoms with Crippen LogP contribution in [0.3, 0.4) is 0 Å². The summed E-state index contributed by atoms with van der Waals surface area (Å²) in [6, 6.07) is 0. The van der Waals surface area contributed by atoms with Crippen LogP contribution in [0.1, 0.15) is 12.5 Å². The molecule has 7 nitrogen and oxygen atoms in total. The first-order valence-electron chi connectivity index (χ1n) is 4.40. The number of rotatable bonds is 4. The molecule has 1 rings (SSSR count). The van der Waals surface area contributed by atoms with Gasteiger partial charge in [0.05, 0.1) is 9.85 Å². The smallest absolute Gasteiger partial charge is 0.258 e. The SMILES string of the molecule is CCSc1ncc([N+](=O)[O-])c(C)c1[N+](=O)[O-]. The summed E-state index contributed by atoms with van der Waals surface area (Å²) in [5.74, 6) is 0.616. The van der Waals surface area contributed by atoms with Crippen molar-refractivity contribution in [2.45, 2.75) is 18.9 Å². The van der Waals surface area contributed by atoms with Crippen LogP contribution in [0, 0.1) is 27.2 Å². The second-order valence-corrected chi connectivity index (χ2v) is 4.12. The summed E-state index contributed by atoms with van der Waals surface area (Å²) >= 11 is 1.19. The van der Waals surface area contributed by atoms with Crippen LogP contribution in [-0.2, 0) is 0 Å². The molecule has 0 bridgehead atoms. The molecule has 0 aliphatic heterocycles. The van der Waals surface area contributed by atoms with Gasteiger partial charge in [-0.15, -0.1) is 0 Å². The minimum Gasteiger partial charge on any atom is -0.258 e. The van der Waals surface area contributed by atoms with Crippen molar-refractivity contribution in [2.24, 2.45) is 0 Å². The zero-order chi connectivity index (χ0) is 12.3. The first-order valence-corrected chi connectivity index (χ1v) is 5.38. The molecule has 0 amide bonds. The van der Waals surface area contributed by atoms with Crippen molar-refractivity contribution in [3.05, 3.63) is 32.0 Å². The van der Waals surface area contributed by atoms with Gasteiger partial charge in [0.2, 0.25) is 0 Å². The first kappa shape index (κ1) is 12.4. The van der Waals surface area contributed by atoms with Crippen molar-refractivity contribution in [3.8, 4) is 0 Å². The van der Waals surface area contributed by atoms with E-state index in [4.69, 9.17) is 0 Å². The topological polar surface area (TPSA) is 99.2 Å². The van der Waals surface area contributed by atoms with Crippen molar-refractivity contribution in [3.63, 3.8) is 0 Å². The molecular weight excluding hydrogens is 234 g/mol. The average Bonchev–Trinajstić information content (AvgIpc) is 2.17. The van der Waals surface area contributed by atoms with Crippen molar-refractivity contribution in [1.29, 1.82) is 0 Å². The number of pyridine rings is 1. The molecule has 0 aromatic carbocycles. The monoisotopic (exact) mass is 243 g/mol. The Labute approximate surface area is 95.2 Å². The summed E-state index contributed by atoms with van der Waals surface area (Å²) in [6.45, 7) is 3.19. The van der Waals surface area contributed by atoms with E-state index in [2.05, 4.69) is 4.98 Å². The molecule has 86 valence electrons. The van der Waals surface area contributed by atoms with Crippen LogP contribution in [0.15, 0.2) is 11.2 Å². The predicted molar refractivity (Wildman–Crippen MR) is 58.7 cm³/mol. The molecule has 0 saturated carbocycles. The summed E-state index contributed by atoms with van der Waals surface area (Å²) in [4.78, 5) is 23.9. The lowest BCUT2D eigenvalue weighted by Gasteiger charge is -2.03. The summed E-state index contributed by atoms with van der Waals surface area (Å²) in [6.07, 6.45) is 1.06. The van der Waals surface area contributed by atoms with Gasteiger partial charge in [0, 0.05) is 0 Å². The number of hydrogen-bond acceptors (Lipinski definition) is 6. The minimum atomic E-state index is -0.671. The van der Waals surface area contributed by atoms with E-state index in [0.29, 0.717) is 5.75 Å². The average molecular weight is 243 g/mol. The molecule has 0 aliphatic carbocycles. The Morgan fingerprint density at radius 1 is 1.38 bits per heavy atom. The molecule has 1 aromatic rings. The molecule has 0 unspecified atom stereocenters. The van der Waals surface area contributed by atoms with E-state index < -0.39 is 9.85 Å². The molecule has 0 saturated heterocycles. The van der Waals surface area contributed by atoms with Gasteiger partial charge in [-0.3, -0.25) is 20.2 Å². The Balaban J connectivity index is 3.41. The van der Waals surface area contributed by atoms with Crippen LogP contribution in [0.4, 0.5) is 11.4 Å². The molecule has 0 aliphatic rings. The quantitative estimate of drug-likeness (QED) is 0.457. The zero-order valence-electron chi connectivity index (χ0n) is 8.67. The number of nitrogens with zero attached hydrogens (tertiary/aromatic N) is 3. The highest BCUT2D eigenvalue weighted by Crippen LogP contribution is 2.34. The van der Waals surface area contributed by atoms with Gasteiger partial charge in [-0.25, -0.2) is 4.98 Å². The van der Waals surface area contributed by atoms with Crippen LogP contribution >= 0.6 is 11.8 Å². The number of aromatic nitrogens is 1. The Hall–Kier alpha value is -1.70. The van der Waals surface area contributed by atoms with Gasteiger partial charge < -0.3 is 0 Å². The molecule has 16 heavy (non-hydrogen) atoms. The Bertz CT molecular complexity index is 449. The van der Waals surface area contributed by atoms with Crippen LogP contribution < -0.4 is 0 Å². The molecule has 8 heteroatoms. The second-order valence-electron chi connectivity index (χ2n) is 2.87. The fourth-order valence-electron chi connectivity index (χ4n) is 1.20. The lowest BCUT2D eigenvalue weighted by molar-refractivity contribution is -0.397. The number of thioether (sulfide) groups is 1. The molecule has 1 heterocycles. The van der Waals surface area contributed by atoms with Gasteiger partial charge in [-0.1, -0.05) is 18.7 Å². The van der Waals surface area contributed by atoms with Crippen molar-refractivity contribution in [1.82, 2.24) is 4.98 Å². The molecular formula is C8H9N3O4S. The maximum Gasteiger partial charge on any atom is 0.311 e. The van der Waals surface area contributed by atoms with Crippen molar-refractivity contribution >= 4 is 23.1 Å². The third-order valence-electron chi connectivity index (χ3n) is 1.91. The summed E-state index contributed by atoms with van der Waals surface area (Å²) in [5.41, 5.74) is -0.561. The molecule has 0 atom stereocenters. The van der Waals surface area contributed by atoms with Crippen LogP contribution in [0.25, 0.3) is 0 Å². The third-order valence-corrected chi connectivity index (χ3v) is 2.77. The predicted octanol–water partition coefficient (Wildman–Crippen LogP) is 2.32. The van der Waals surface area contributed by atoms with E-state index in [1.807, 2.05) is 6.92 Å². The van der Waals surface area contributed by atoms with Crippen LogP contribution in [0.5, 0.6) is 0 Å². The Morgan fingerprint density at radius 2 is 2.00 bits per heavy atom. The molecule has 0 fully saturated rings. The summed E-state index contributed by atoms with van der Waals surface area (Å²) < 4.78 is 0. The van der Waals surface area contributed by atoms with Gasteiger partial charge in [0.1, 0.15) is 11.8 Å². The van der Waals surface area contributed by atoms with E-state index in [1.54, 1.807) is 0 Å². The highest BCUT2D eigenvalue weighted by atomic mass is 32.2. The lowest BCUT2D eigenvalue weighted by atomic mass is 10.2. The maximum atomic E-state index is 10.8. The largest absolute Gasteiger partial charge is 0.311 e. The highest BCUT2D eigenvalue weighted by molar-refractivity contribution is 7.99. The molecule has 0 radical (unpaired) electrons. The normalized spacial score (nSPS) is 10.1. The fraction of sp³-hybridized carbons (Fsp3) is 0.375. The van der Waals surface area contributed by atoms with E-state index in [9.17, 15) is 20.2 Å². The van der Waals surface area contributed by atoms with E-state index in [1.165, 1.54) is 18.7 Å². The van der Waals surface area contributed by atoms with E-state index in [-0.39, 0.29) is 22.0 Å². The van der Waals surface area contributed by atoms with Gasteiger partial charge in [-0.05, 0) is 12.7 Å². The van der Waals surface area contributed by atoms with Gasteiger partial charge in [0.25, 0.3) is 5.69 Å². The zero-order valence-corrected chi connectivity index (χ0v) is 9.48. The van der Waals surface area contributed by atoms with Crippen molar-refractivity contribution in [2.75, 3.05) is 5.75 Å². The van der Waals surface area contributed by atoms with Crippen molar-refractivity contribution < 1.29 is 9.85 Å². The number of hydrogen-bond donors (Lipinski definition) is 0. The summed E-state index contributed by atoms with van der Waals surface area (Å²) in [7, 11) is 0. The Morgan fingerprint density at radius 3 is 2.44 bits per heavy atom. The van der Waals surface area contributed by atoms with Gasteiger partial charge in [-0.2, -0.15) is 0 Å². The van der Waals surface area contributed by atoms with E-state index in [0.717, 1.165) is 6.20 Å². The third kappa shape index (κ3) is 2.27. The van der Waals surface area contributed by atoms with Crippen LogP contribution in [0.2, 0.25) is 0 Å². The minimum absolute atomic E-state index is 0.0425. The van der Waals surface area contributed by atoms with Gasteiger partial charge in [0.15, 0.2) is 5.03 Å². The lowest BCUT2D eigenvalue weighted by Crippen LogP contribution is -2.01. The van der Waals surface area contributed by atoms with E-state index >= 15 is 0 Å². The first-order chi connectivity index (χ1) is 7.49. The van der Waals surface area contributed by atoms with Gasteiger partial charge >= 0.3 is 5.69 Å². The maximum absolute atomic E-state index is 10.8. The standard InChI is InChI=1S/C8H9N3O4S/c1-3-16-8-7(11(14)15)5(2)6(4-9-8)10(12)13/h4H,3H2,1-2H3. The second kappa shape index (κ2) is 4.88. The highest BCUT2D eigenvalue weighted by Gasteiger charge is 2.26. The summed E-state index contributed by atoms with van der Waals surface area (Å²) in [5, 5.41) is 21.6.